The van der Waals surface area contributed by atoms with E-state index in [0.29, 0.717) is 0 Å². The van der Waals surface area contributed by atoms with Crippen LogP contribution < -0.4 is 0 Å². The van der Waals surface area contributed by atoms with E-state index in [1.165, 1.54) is 0 Å². The van der Waals surface area contributed by atoms with Crippen LogP contribution in [0.4, 0.5) is 0 Å². The third kappa shape index (κ3) is 3.46. The van der Waals surface area contributed by atoms with Crippen molar-refractivity contribution in [2.24, 2.45) is 0 Å². The third-order valence-corrected chi connectivity index (χ3v) is 1.29. The van der Waals surface area contributed by atoms with E-state index in [0.717, 1.165) is 13.1 Å². The zero-order chi connectivity index (χ0) is 7.28. The van der Waals surface area contributed by atoms with Crippen molar-refractivity contribution >= 4 is 0 Å². The van der Waals surface area contributed by atoms with Crippen LogP contribution >= 0.6 is 0 Å². The lowest BCUT2D eigenvalue weighted by atomic mass is 10.6. The number of hydrazine groups is 1. The fourth-order valence-electron chi connectivity index (χ4n) is 0.756. The molecule has 56 valence electrons. The summed E-state index contributed by atoms with van der Waals surface area (Å²) in [4.78, 5) is 0. The van der Waals surface area contributed by atoms with Gasteiger partial charge in [0, 0.05) is 27.2 Å². The van der Waals surface area contributed by atoms with Gasteiger partial charge >= 0.3 is 0 Å². The van der Waals surface area contributed by atoms with Crippen molar-refractivity contribution < 1.29 is 5.11 Å². The van der Waals surface area contributed by atoms with Gasteiger partial charge in [-0.2, -0.15) is 0 Å². The monoisotopic (exact) mass is 132 g/mol. The Morgan fingerprint density at radius 3 is 2.00 bits per heavy atom. The lowest BCUT2D eigenvalue weighted by Gasteiger charge is -2.26. The number of aliphatic hydroxyl groups is 1. The Labute approximate surface area is 56.8 Å². The van der Waals surface area contributed by atoms with Crippen LogP contribution in [0.2, 0.25) is 0 Å². The van der Waals surface area contributed by atoms with Gasteiger partial charge in [0.15, 0.2) is 0 Å². The van der Waals surface area contributed by atoms with E-state index < -0.39 is 0 Å². The first-order valence-electron chi connectivity index (χ1n) is 3.25. The molecule has 0 aromatic carbocycles. The third-order valence-electron chi connectivity index (χ3n) is 1.29. The highest BCUT2D eigenvalue weighted by molar-refractivity contribution is 4.44. The standard InChI is InChI=1S/C6H16N2O/c1-4-8(5-6-9)7(2)3/h9H,4-6H2,1-3H3. The van der Waals surface area contributed by atoms with E-state index in [1.807, 2.05) is 19.1 Å². The average molecular weight is 132 g/mol. The van der Waals surface area contributed by atoms with Gasteiger partial charge in [0.2, 0.25) is 0 Å². The van der Waals surface area contributed by atoms with Gasteiger partial charge in [0.05, 0.1) is 6.61 Å². The minimum atomic E-state index is 0.228. The quantitative estimate of drug-likeness (QED) is 0.536. The molecule has 0 aromatic rings. The van der Waals surface area contributed by atoms with Gasteiger partial charge in [-0.25, -0.2) is 10.0 Å². The SMILES string of the molecule is CCN(CCO)N(C)C. The fourth-order valence-corrected chi connectivity index (χ4v) is 0.756. The summed E-state index contributed by atoms with van der Waals surface area (Å²) in [5.41, 5.74) is 0. The molecule has 0 aromatic heterocycles. The van der Waals surface area contributed by atoms with Crippen molar-refractivity contribution in [2.75, 3.05) is 33.8 Å². The molecule has 3 heteroatoms. The fraction of sp³-hybridized carbons (Fsp3) is 1.00. The van der Waals surface area contributed by atoms with Gasteiger partial charge in [0.1, 0.15) is 0 Å². The van der Waals surface area contributed by atoms with E-state index >= 15 is 0 Å². The van der Waals surface area contributed by atoms with Crippen LogP contribution in [0.25, 0.3) is 0 Å². The second kappa shape index (κ2) is 4.73. The van der Waals surface area contributed by atoms with Crippen molar-refractivity contribution in [1.29, 1.82) is 0 Å². The van der Waals surface area contributed by atoms with E-state index in [1.54, 1.807) is 0 Å². The van der Waals surface area contributed by atoms with Crippen LogP contribution in [0, 0.1) is 0 Å². The highest BCUT2D eigenvalue weighted by Gasteiger charge is 2.00. The maximum absolute atomic E-state index is 8.55. The zero-order valence-corrected chi connectivity index (χ0v) is 6.46. The molecule has 0 aliphatic carbocycles. The molecule has 0 saturated heterocycles. The maximum Gasteiger partial charge on any atom is 0.0572 e. The first-order valence-corrected chi connectivity index (χ1v) is 3.25. The molecule has 0 fully saturated rings. The van der Waals surface area contributed by atoms with Crippen molar-refractivity contribution in [1.82, 2.24) is 10.0 Å². The molecule has 0 aliphatic heterocycles. The summed E-state index contributed by atoms with van der Waals surface area (Å²) in [5.74, 6) is 0. The maximum atomic E-state index is 8.55. The zero-order valence-electron chi connectivity index (χ0n) is 6.46. The normalized spacial score (nSPS) is 11.3. The van der Waals surface area contributed by atoms with Crippen molar-refractivity contribution in [3.63, 3.8) is 0 Å². The summed E-state index contributed by atoms with van der Waals surface area (Å²) < 4.78 is 0. The minimum absolute atomic E-state index is 0.228. The summed E-state index contributed by atoms with van der Waals surface area (Å²) in [5, 5.41) is 12.6. The van der Waals surface area contributed by atoms with E-state index in [2.05, 4.69) is 11.9 Å². The second-order valence-electron chi connectivity index (χ2n) is 2.12. The molecule has 9 heavy (non-hydrogen) atoms. The first kappa shape index (κ1) is 8.88. The number of aliphatic hydroxyl groups excluding tert-OH is 1. The lowest BCUT2D eigenvalue weighted by molar-refractivity contribution is 0.0156. The largest absolute Gasteiger partial charge is 0.395 e. The summed E-state index contributed by atoms with van der Waals surface area (Å²) in [6.45, 7) is 3.97. The van der Waals surface area contributed by atoms with Gasteiger partial charge in [-0.05, 0) is 0 Å². The molecule has 1 N–H and O–H groups in total. The summed E-state index contributed by atoms with van der Waals surface area (Å²) in [7, 11) is 3.94. The van der Waals surface area contributed by atoms with Crippen LogP contribution in [0.5, 0.6) is 0 Å². The highest BCUT2D eigenvalue weighted by atomic mass is 16.3. The Balaban J connectivity index is 3.41. The molecular formula is C6H16N2O. The predicted molar refractivity (Wildman–Crippen MR) is 38.0 cm³/mol. The van der Waals surface area contributed by atoms with Gasteiger partial charge in [-0.15, -0.1) is 0 Å². The van der Waals surface area contributed by atoms with Gasteiger partial charge in [-0.3, -0.25) is 0 Å². The van der Waals surface area contributed by atoms with Crippen LogP contribution in [-0.2, 0) is 0 Å². The molecule has 0 radical (unpaired) electrons. The average Bonchev–Trinajstić information content (AvgIpc) is 1.82. The molecule has 0 atom stereocenters. The van der Waals surface area contributed by atoms with Crippen molar-refractivity contribution in [3.8, 4) is 0 Å². The Morgan fingerprint density at radius 2 is 1.89 bits per heavy atom. The lowest BCUT2D eigenvalue weighted by Crippen LogP contribution is -2.38. The number of rotatable bonds is 4. The first-order chi connectivity index (χ1) is 4.22. The van der Waals surface area contributed by atoms with Crippen LogP contribution in [0.3, 0.4) is 0 Å². The summed E-state index contributed by atoms with van der Waals surface area (Å²) in [6.07, 6.45) is 0. The minimum Gasteiger partial charge on any atom is -0.395 e. The second-order valence-corrected chi connectivity index (χ2v) is 2.12. The molecule has 0 heterocycles. The van der Waals surface area contributed by atoms with E-state index in [4.69, 9.17) is 5.11 Å². The van der Waals surface area contributed by atoms with Gasteiger partial charge in [-0.1, -0.05) is 6.92 Å². The molecule has 0 amide bonds. The van der Waals surface area contributed by atoms with Crippen molar-refractivity contribution in [2.45, 2.75) is 6.92 Å². The molecular weight excluding hydrogens is 116 g/mol. The van der Waals surface area contributed by atoms with E-state index in [9.17, 15) is 0 Å². The highest BCUT2D eigenvalue weighted by Crippen LogP contribution is 1.87. The molecule has 0 bridgehead atoms. The topological polar surface area (TPSA) is 26.7 Å². The molecule has 0 saturated carbocycles. The number of hydrogen-bond acceptors (Lipinski definition) is 3. The smallest absolute Gasteiger partial charge is 0.0572 e. The number of likely N-dealkylation sites (N-methyl/N-ethyl adjacent to an activating group) is 1. The number of hydrogen-bond donors (Lipinski definition) is 1. The van der Waals surface area contributed by atoms with Gasteiger partial charge < -0.3 is 5.11 Å². The Morgan fingerprint density at radius 1 is 1.33 bits per heavy atom. The molecule has 3 nitrogen and oxygen atoms in total. The van der Waals surface area contributed by atoms with Crippen molar-refractivity contribution in [3.05, 3.63) is 0 Å². The van der Waals surface area contributed by atoms with Gasteiger partial charge in [0.25, 0.3) is 0 Å². The summed E-state index contributed by atoms with van der Waals surface area (Å²) in [6, 6.07) is 0. The Kier molecular flexibility index (Phi) is 4.67. The molecule has 0 unspecified atom stereocenters. The molecule has 0 spiro atoms. The Bertz CT molecular complexity index is 66.1. The molecule has 0 aliphatic rings. The van der Waals surface area contributed by atoms with Crippen LogP contribution in [-0.4, -0.2) is 48.9 Å². The van der Waals surface area contributed by atoms with Crippen LogP contribution in [0.1, 0.15) is 6.92 Å². The van der Waals surface area contributed by atoms with Crippen LogP contribution in [0.15, 0.2) is 0 Å². The molecule has 0 rings (SSSR count). The van der Waals surface area contributed by atoms with E-state index in [-0.39, 0.29) is 6.61 Å². The number of nitrogens with zero attached hydrogens (tertiary/aromatic N) is 2. The summed E-state index contributed by atoms with van der Waals surface area (Å²) >= 11 is 0. The Hall–Kier alpha value is -0.120. The predicted octanol–water partition coefficient (Wildman–Crippen LogP) is -0.223.